The summed E-state index contributed by atoms with van der Waals surface area (Å²) in [5.41, 5.74) is 1.16. The average molecular weight is 263 g/mol. The Morgan fingerprint density at radius 1 is 1.33 bits per heavy atom. The van der Waals surface area contributed by atoms with Gasteiger partial charge in [0, 0.05) is 24.4 Å². The van der Waals surface area contributed by atoms with Gasteiger partial charge in [0.2, 0.25) is 0 Å². The van der Waals surface area contributed by atoms with Crippen LogP contribution in [-0.4, -0.2) is 35.1 Å². The van der Waals surface area contributed by atoms with Crippen molar-refractivity contribution in [3.05, 3.63) is 18.3 Å². The molecule has 0 bridgehead atoms. The van der Waals surface area contributed by atoms with E-state index in [1.807, 2.05) is 6.20 Å². The lowest BCUT2D eigenvalue weighted by Gasteiger charge is -2.19. The summed E-state index contributed by atoms with van der Waals surface area (Å²) >= 11 is 2.06. The number of rotatable bonds is 3. The van der Waals surface area contributed by atoms with Crippen LogP contribution in [0.1, 0.15) is 26.2 Å². The van der Waals surface area contributed by atoms with Gasteiger partial charge in [-0.2, -0.15) is 11.8 Å². The largest absolute Gasteiger partial charge is 0.380 e. The van der Waals surface area contributed by atoms with E-state index in [9.17, 15) is 0 Å². The summed E-state index contributed by atoms with van der Waals surface area (Å²) in [6.45, 7) is 4.63. The fourth-order valence-electron chi connectivity index (χ4n) is 2.74. The van der Waals surface area contributed by atoms with Crippen LogP contribution < -0.4 is 10.2 Å². The normalized spacial score (nSPS) is 27.7. The Bertz CT molecular complexity index is 387. The van der Waals surface area contributed by atoms with Crippen LogP contribution in [-0.2, 0) is 0 Å². The summed E-state index contributed by atoms with van der Waals surface area (Å²) < 4.78 is 0. The number of aromatic nitrogens is 1. The molecular weight excluding hydrogens is 242 g/mol. The number of hydrogen-bond acceptors (Lipinski definition) is 4. The first-order chi connectivity index (χ1) is 8.83. The summed E-state index contributed by atoms with van der Waals surface area (Å²) in [6, 6.07) is 4.94. The maximum atomic E-state index is 4.58. The second kappa shape index (κ2) is 5.39. The van der Waals surface area contributed by atoms with Gasteiger partial charge in [-0.15, -0.1) is 0 Å². The number of anilines is 2. The van der Waals surface area contributed by atoms with E-state index in [4.69, 9.17) is 0 Å². The third-order valence-electron chi connectivity index (χ3n) is 3.91. The minimum atomic E-state index is 0.606. The van der Waals surface area contributed by atoms with E-state index in [1.165, 1.54) is 25.0 Å². The van der Waals surface area contributed by atoms with Gasteiger partial charge in [-0.25, -0.2) is 4.98 Å². The van der Waals surface area contributed by atoms with Gasteiger partial charge in [0.05, 0.1) is 11.9 Å². The molecular formula is C14H21N3S. The predicted molar refractivity (Wildman–Crippen MR) is 79.6 cm³/mol. The molecule has 2 aliphatic heterocycles. The quantitative estimate of drug-likeness (QED) is 0.907. The molecule has 1 aromatic rings. The lowest BCUT2D eigenvalue weighted by atomic mass is 10.1. The molecule has 3 rings (SSSR count). The highest BCUT2D eigenvalue weighted by molar-refractivity contribution is 8.00. The molecule has 1 aromatic heterocycles. The Morgan fingerprint density at radius 2 is 2.17 bits per heavy atom. The number of hydrogen-bond donors (Lipinski definition) is 1. The van der Waals surface area contributed by atoms with Crippen LogP contribution in [0.3, 0.4) is 0 Å². The van der Waals surface area contributed by atoms with Crippen molar-refractivity contribution >= 4 is 23.3 Å². The number of pyridine rings is 1. The number of thioether (sulfide) groups is 1. The highest BCUT2D eigenvalue weighted by Crippen LogP contribution is 2.29. The first-order valence-electron chi connectivity index (χ1n) is 6.92. The van der Waals surface area contributed by atoms with Gasteiger partial charge in [-0.05, 0) is 37.1 Å². The van der Waals surface area contributed by atoms with Crippen LogP contribution in [0.2, 0.25) is 0 Å². The molecule has 4 heteroatoms. The van der Waals surface area contributed by atoms with Crippen molar-refractivity contribution < 1.29 is 0 Å². The lowest BCUT2D eigenvalue weighted by Crippen LogP contribution is -2.25. The SMILES string of the molecule is CC1SCCC1Nc1ccc(N2CCCC2)nc1. The summed E-state index contributed by atoms with van der Waals surface area (Å²) in [5, 5.41) is 4.32. The maximum Gasteiger partial charge on any atom is 0.128 e. The minimum absolute atomic E-state index is 0.606. The van der Waals surface area contributed by atoms with E-state index < -0.39 is 0 Å². The van der Waals surface area contributed by atoms with Gasteiger partial charge < -0.3 is 10.2 Å². The summed E-state index contributed by atoms with van der Waals surface area (Å²) in [5.74, 6) is 2.41. The molecule has 3 heterocycles. The van der Waals surface area contributed by atoms with Crippen molar-refractivity contribution in [1.29, 1.82) is 0 Å². The van der Waals surface area contributed by atoms with Crippen LogP contribution in [0.5, 0.6) is 0 Å². The summed E-state index contributed by atoms with van der Waals surface area (Å²) in [6.07, 6.45) is 5.86. The Hall–Kier alpha value is -0.900. The third-order valence-corrected chi connectivity index (χ3v) is 5.23. The van der Waals surface area contributed by atoms with E-state index >= 15 is 0 Å². The van der Waals surface area contributed by atoms with E-state index in [1.54, 1.807) is 0 Å². The molecule has 2 unspecified atom stereocenters. The zero-order chi connectivity index (χ0) is 12.4. The smallest absolute Gasteiger partial charge is 0.128 e. The van der Waals surface area contributed by atoms with Crippen LogP contribution in [0.15, 0.2) is 18.3 Å². The Kier molecular flexibility index (Phi) is 3.64. The monoisotopic (exact) mass is 263 g/mol. The molecule has 1 N–H and O–H groups in total. The lowest BCUT2D eigenvalue weighted by molar-refractivity contribution is 0.723. The van der Waals surface area contributed by atoms with Gasteiger partial charge >= 0.3 is 0 Å². The van der Waals surface area contributed by atoms with Crippen molar-refractivity contribution in [3.8, 4) is 0 Å². The Morgan fingerprint density at radius 3 is 2.78 bits per heavy atom. The molecule has 0 aliphatic carbocycles. The number of nitrogens with one attached hydrogen (secondary N) is 1. The summed E-state index contributed by atoms with van der Waals surface area (Å²) in [7, 11) is 0. The van der Waals surface area contributed by atoms with Crippen molar-refractivity contribution in [2.45, 2.75) is 37.5 Å². The fraction of sp³-hybridized carbons (Fsp3) is 0.643. The van der Waals surface area contributed by atoms with E-state index in [0.29, 0.717) is 11.3 Å². The maximum absolute atomic E-state index is 4.58. The van der Waals surface area contributed by atoms with Gasteiger partial charge in [0.15, 0.2) is 0 Å². The van der Waals surface area contributed by atoms with Crippen LogP contribution in [0.25, 0.3) is 0 Å². The van der Waals surface area contributed by atoms with Gasteiger partial charge in [0.1, 0.15) is 5.82 Å². The van der Waals surface area contributed by atoms with Crippen molar-refractivity contribution in [1.82, 2.24) is 4.98 Å². The molecule has 2 atom stereocenters. The van der Waals surface area contributed by atoms with Crippen LogP contribution in [0.4, 0.5) is 11.5 Å². The zero-order valence-electron chi connectivity index (χ0n) is 10.9. The van der Waals surface area contributed by atoms with Crippen LogP contribution in [0, 0.1) is 0 Å². The molecule has 0 amide bonds. The Balaban J connectivity index is 1.63. The van der Waals surface area contributed by atoms with Gasteiger partial charge in [0.25, 0.3) is 0 Å². The third kappa shape index (κ3) is 2.58. The molecule has 0 aromatic carbocycles. The Labute approximate surface area is 113 Å². The predicted octanol–water partition coefficient (Wildman–Crippen LogP) is 2.99. The van der Waals surface area contributed by atoms with Crippen molar-refractivity contribution in [2.75, 3.05) is 29.1 Å². The van der Waals surface area contributed by atoms with E-state index in [2.05, 4.69) is 46.0 Å². The topological polar surface area (TPSA) is 28.2 Å². The van der Waals surface area contributed by atoms with Gasteiger partial charge in [-0.3, -0.25) is 0 Å². The highest BCUT2D eigenvalue weighted by atomic mass is 32.2. The van der Waals surface area contributed by atoms with E-state index in [0.717, 1.165) is 24.6 Å². The minimum Gasteiger partial charge on any atom is -0.380 e. The van der Waals surface area contributed by atoms with Gasteiger partial charge in [-0.1, -0.05) is 6.92 Å². The molecule has 3 nitrogen and oxygen atoms in total. The molecule has 2 aliphatic rings. The molecule has 18 heavy (non-hydrogen) atoms. The van der Waals surface area contributed by atoms with Crippen LogP contribution >= 0.6 is 11.8 Å². The van der Waals surface area contributed by atoms with Crippen molar-refractivity contribution in [2.24, 2.45) is 0 Å². The molecule has 0 spiro atoms. The molecule has 0 saturated carbocycles. The standard InChI is InChI=1S/C14H21N3S/c1-11-13(6-9-18-11)16-12-4-5-14(15-10-12)17-7-2-3-8-17/h4-5,10-11,13,16H,2-3,6-9H2,1H3. The summed E-state index contributed by atoms with van der Waals surface area (Å²) in [4.78, 5) is 6.96. The fourth-order valence-corrected chi connectivity index (χ4v) is 3.94. The van der Waals surface area contributed by atoms with E-state index in [-0.39, 0.29) is 0 Å². The zero-order valence-corrected chi connectivity index (χ0v) is 11.7. The first kappa shape index (κ1) is 12.2. The highest BCUT2D eigenvalue weighted by Gasteiger charge is 2.23. The second-order valence-corrected chi connectivity index (χ2v) is 6.70. The average Bonchev–Trinajstić information content (AvgIpc) is 3.03. The van der Waals surface area contributed by atoms with Crippen molar-refractivity contribution in [3.63, 3.8) is 0 Å². The molecule has 98 valence electrons. The molecule has 2 saturated heterocycles. The number of nitrogens with zero attached hydrogens (tertiary/aromatic N) is 2. The first-order valence-corrected chi connectivity index (χ1v) is 7.97. The second-order valence-electron chi connectivity index (χ2n) is 5.21. The molecule has 0 radical (unpaired) electrons. The molecule has 2 fully saturated rings.